The van der Waals surface area contributed by atoms with Crippen LogP contribution in [0.15, 0.2) is 11.2 Å². The summed E-state index contributed by atoms with van der Waals surface area (Å²) in [6.07, 6.45) is 6.86. The van der Waals surface area contributed by atoms with Crippen molar-refractivity contribution in [1.82, 2.24) is 9.97 Å². The fourth-order valence-corrected chi connectivity index (χ4v) is 2.80. The summed E-state index contributed by atoms with van der Waals surface area (Å²) in [7, 11) is 0. The van der Waals surface area contributed by atoms with Gasteiger partial charge in [0.25, 0.3) is 0 Å². The zero-order valence-electron chi connectivity index (χ0n) is 11.9. The molecule has 1 aliphatic carbocycles. The number of hydrazine groups is 1. The molecule has 0 atom stereocenters. The summed E-state index contributed by atoms with van der Waals surface area (Å²) < 4.78 is 0. The van der Waals surface area contributed by atoms with Crippen molar-refractivity contribution in [2.45, 2.75) is 50.7 Å². The lowest BCUT2D eigenvalue weighted by atomic mass is 9.75. The van der Waals surface area contributed by atoms with E-state index in [1.165, 1.54) is 37.4 Å². The van der Waals surface area contributed by atoms with Gasteiger partial charge in [0, 0.05) is 12.1 Å². The summed E-state index contributed by atoms with van der Waals surface area (Å²) >= 11 is 1.52. The predicted octanol–water partition coefficient (Wildman–Crippen LogP) is 2.86. The van der Waals surface area contributed by atoms with Gasteiger partial charge < -0.3 is 10.7 Å². The number of nitrogens with zero attached hydrogens (tertiary/aromatic N) is 2. The Hall–Kier alpha value is -1.01. The highest BCUT2D eigenvalue weighted by atomic mass is 32.2. The molecule has 1 heterocycles. The second-order valence-electron chi connectivity index (χ2n) is 5.85. The summed E-state index contributed by atoms with van der Waals surface area (Å²) in [6, 6.07) is 2.36. The predicted molar refractivity (Wildman–Crippen MR) is 81.3 cm³/mol. The van der Waals surface area contributed by atoms with Gasteiger partial charge in [-0.1, -0.05) is 25.6 Å². The molecule has 1 fully saturated rings. The average Bonchev–Trinajstić information content (AvgIpc) is 2.40. The number of nitrogen functional groups attached to an aromatic ring is 1. The van der Waals surface area contributed by atoms with Crippen LogP contribution in [0.3, 0.4) is 0 Å². The summed E-state index contributed by atoms with van der Waals surface area (Å²) in [5, 5.41) is 4.24. The quantitative estimate of drug-likeness (QED) is 0.341. The minimum absolute atomic E-state index is 0.484. The summed E-state index contributed by atoms with van der Waals surface area (Å²) in [4.78, 5) is 8.74. The fourth-order valence-electron chi connectivity index (χ4n) is 2.42. The second-order valence-corrected chi connectivity index (χ2v) is 6.63. The van der Waals surface area contributed by atoms with Gasteiger partial charge in [-0.2, -0.15) is 0 Å². The topological polar surface area (TPSA) is 75.9 Å². The Labute approximate surface area is 119 Å². The molecule has 0 radical (unpaired) electrons. The van der Waals surface area contributed by atoms with Gasteiger partial charge in [-0.25, -0.2) is 15.8 Å². The van der Waals surface area contributed by atoms with Gasteiger partial charge in [-0.3, -0.25) is 0 Å². The minimum atomic E-state index is 0.484. The van der Waals surface area contributed by atoms with E-state index >= 15 is 0 Å². The van der Waals surface area contributed by atoms with Crippen LogP contribution < -0.4 is 16.6 Å². The second kappa shape index (κ2) is 5.96. The van der Waals surface area contributed by atoms with Gasteiger partial charge in [0.15, 0.2) is 5.16 Å². The first kappa shape index (κ1) is 14.4. The lowest BCUT2D eigenvalue weighted by Crippen LogP contribution is -2.30. The van der Waals surface area contributed by atoms with Crippen molar-refractivity contribution in [3.8, 4) is 0 Å². The first-order valence-electron chi connectivity index (χ1n) is 6.69. The van der Waals surface area contributed by atoms with Crippen molar-refractivity contribution in [2.24, 2.45) is 11.3 Å². The summed E-state index contributed by atoms with van der Waals surface area (Å²) in [5.74, 6) is 6.94. The maximum absolute atomic E-state index is 5.43. The molecule has 6 heteroatoms. The average molecular weight is 281 g/mol. The van der Waals surface area contributed by atoms with E-state index in [9.17, 15) is 0 Å². The van der Waals surface area contributed by atoms with Crippen LogP contribution in [-0.4, -0.2) is 22.3 Å². The van der Waals surface area contributed by atoms with Gasteiger partial charge >= 0.3 is 0 Å². The van der Waals surface area contributed by atoms with E-state index in [2.05, 4.69) is 34.6 Å². The van der Waals surface area contributed by atoms with Gasteiger partial charge in [-0.05, 0) is 37.4 Å². The van der Waals surface area contributed by atoms with Crippen LogP contribution in [-0.2, 0) is 0 Å². The molecule has 0 saturated heterocycles. The summed E-state index contributed by atoms with van der Waals surface area (Å²) in [6.45, 7) is 4.69. The van der Waals surface area contributed by atoms with E-state index < -0.39 is 0 Å². The Kier molecular flexibility index (Phi) is 4.52. The molecule has 106 valence electrons. The molecule has 1 aromatic rings. The SMILES string of the molecule is CSc1nc(NN)cc(NC2CCC(C)(C)CC2)n1. The van der Waals surface area contributed by atoms with Gasteiger partial charge in [0.2, 0.25) is 0 Å². The number of thioether (sulfide) groups is 1. The van der Waals surface area contributed by atoms with Gasteiger partial charge in [0.1, 0.15) is 11.6 Å². The third-order valence-electron chi connectivity index (χ3n) is 3.73. The molecule has 0 unspecified atom stereocenters. The van der Waals surface area contributed by atoms with Crippen LogP contribution in [0.5, 0.6) is 0 Å². The summed E-state index contributed by atoms with van der Waals surface area (Å²) in [5.41, 5.74) is 3.07. The lowest BCUT2D eigenvalue weighted by molar-refractivity contribution is 0.232. The zero-order chi connectivity index (χ0) is 13.9. The zero-order valence-corrected chi connectivity index (χ0v) is 12.7. The lowest BCUT2D eigenvalue weighted by Gasteiger charge is -2.34. The highest BCUT2D eigenvalue weighted by Crippen LogP contribution is 2.36. The van der Waals surface area contributed by atoms with Crippen molar-refractivity contribution in [1.29, 1.82) is 0 Å². The third kappa shape index (κ3) is 3.98. The molecule has 0 aromatic carbocycles. The number of anilines is 2. The highest BCUT2D eigenvalue weighted by Gasteiger charge is 2.26. The van der Waals surface area contributed by atoms with Crippen LogP contribution in [0.4, 0.5) is 11.6 Å². The number of hydrogen-bond donors (Lipinski definition) is 3. The van der Waals surface area contributed by atoms with E-state index in [4.69, 9.17) is 5.84 Å². The Morgan fingerprint density at radius 1 is 1.26 bits per heavy atom. The first-order chi connectivity index (χ1) is 9.02. The minimum Gasteiger partial charge on any atom is -0.367 e. The molecule has 5 nitrogen and oxygen atoms in total. The molecule has 1 aliphatic rings. The molecule has 1 saturated carbocycles. The highest BCUT2D eigenvalue weighted by molar-refractivity contribution is 7.98. The van der Waals surface area contributed by atoms with E-state index in [0.717, 1.165) is 11.0 Å². The van der Waals surface area contributed by atoms with Crippen molar-refractivity contribution >= 4 is 23.4 Å². The third-order valence-corrected chi connectivity index (χ3v) is 4.27. The number of nitrogens with one attached hydrogen (secondary N) is 2. The molecule has 0 aliphatic heterocycles. The van der Waals surface area contributed by atoms with Crippen molar-refractivity contribution < 1.29 is 0 Å². The molecule has 0 amide bonds. The Balaban J connectivity index is 2.03. The number of aromatic nitrogens is 2. The van der Waals surface area contributed by atoms with Gasteiger partial charge in [0.05, 0.1) is 0 Å². The Bertz CT molecular complexity index is 403. The number of rotatable bonds is 4. The van der Waals surface area contributed by atoms with E-state index in [1.54, 1.807) is 0 Å². The number of nitrogens with two attached hydrogens (primary N) is 1. The molecular formula is C13H23N5S. The first-order valence-corrected chi connectivity index (χ1v) is 7.91. The van der Waals surface area contributed by atoms with Crippen LogP contribution in [0, 0.1) is 5.41 Å². The van der Waals surface area contributed by atoms with Gasteiger partial charge in [-0.15, -0.1) is 0 Å². The van der Waals surface area contributed by atoms with Crippen molar-refractivity contribution in [3.05, 3.63) is 6.07 Å². The molecular weight excluding hydrogens is 258 g/mol. The monoisotopic (exact) mass is 281 g/mol. The largest absolute Gasteiger partial charge is 0.367 e. The van der Waals surface area contributed by atoms with Crippen LogP contribution >= 0.6 is 11.8 Å². The van der Waals surface area contributed by atoms with E-state index in [1.807, 2.05) is 12.3 Å². The van der Waals surface area contributed by atoms with Crippen LogP contribution in [0.25, 0.3) is 0 Å². The number of hydrogen-bond acceptors (Lipinski definition) is 6. The molecule has 1 aromatic heterocycles. The van der Waals surface area contributed by atoms with Crippen molar-refractivity contribution in [3.63, 3.8) is 0 Å². The fraction of sp³-hybridized carbons (Fsp3) is 0.692. The smallest absolute Gasteiger partial charge is 0.191 e. The van der Waals surface area contributed by atoms with Crippen LogP contribution in [0.2, 0.25) is 0 Å². The Morgan fingerprint density at radius 3 is 2.47 bits per heavy atom. The molecule has 2 rings (SSSR count). The molecule has 0 bridgehead atoms. The molecule has 19 heavy (non-hydrogen) atoms. The molecule has 0 spiro atoms. The standard InChI is InChI=1S/C13H23N5S/c1-13(2)6-4-9(5-7-13)15-10-8-11(18-14)17-12(16-10)19-3/h8-9H,4-7,14H2,1-3H3,(H2,15,16,17,18). The normalized spacial score (nSPS) is 19.2. The maximum Gasteiger partial charge on any atom is 0.191 e. The Morgan fingerprint density at radius 2 is 1.89 bits per heavy atom. The van der Waals surface area contributed by atoms with Crippen molar-refractivity contribution in [2.75, 3.05) is 17.0 Å². The van der Waals surface area contributed by atoms with E-state index in [0.29, 0.717) is 17.3 Å². The maximum atomic E-state index is 5.43. The van der Waals surface area contributed by atoms with Crippen LogP contribution in [0.1, 0.15) is 39.5 Å². The van der Waals surface area contributed by atoms with E-state index in [-0.39, 0.29) is 0 Å². The molecule has 4 N–H and O–H groups in total.